The van der Waals surface area contributed by atoms with Gasteiger partial charge in [-0.15, -0.1) is 12.4 Å². The van der Waals surface area contributed by atoms with Gasteiger partial charge in [0, 0.05) is 5.54 Å². The summed E-state index contributed by atoms with van der Waals surface area (Å²) < 4.78 is 0. The highest BCUT2D eigenvalue weighted by molar-refractivity contribution is 5.85. The van der Waals surface area contributed by atoms with Crippen molar-refractivity contribution in [2.45, 2.75) is 38.3 Å². The summed E-state index contributed by atoms with van der Waals surface area (Å²) in [5, 5.41) is 11.6. The van der Waals surface area contributed by atoms with Gasteiger partial charge < -0.3 is 5.11 Å². The molecule has 2 N–H and O–H groups in total. The standard InChI is InChI=1S/C7H13NO2.ClH/c1-7(2)4-3-5(8-7)6(9)10;/h5,8H,3-4H2,1-2H3,(H,9,10);1H/t5-;/m1./s1. The van der Waals surface area contributed by atoms with Crippen molar-refractivity contribution in [1.29, 1.82) is 0 Å². The van der Waals surface area contributed by atoms with Crippen molar-refractivity contribution in [1.82, 2.24) is 5.32 Å². The number of hydrogen-bond donors (Lipinski definition) is 2. The van der Waals surface area contributed by atoms with E-state index in [0.717, 1.165) is 12.8 Å². The van der Waals surface area contributed by atoms with E-state index in [0.29, 0.717) is 0 Å². The van der Waals surface area contributed by atoms with Crippen molar-refractivity contribution in [2.24, 2.45) is 0 Å². The Balaban J connectivity index is 0.000001000. The second-order valence-electron chi connectivity index (χ2n) is 3.46. The Morgan fingerprint density at radius 2 is 2.18 bits per heavy atom. The van der Waals surface area contributed by atoms with Gasteiger partial charge in [-0.05, 0) is 26.7 Å². The van der Waals surface area contributed by atoms with Crippen LogP contribution in [0, 0.1) is 0 Å². The predicted molar refractivity (Wildman–Crippen MR) is 45.1 cm³/mol. The maximum Gasteiger partial charge on any atom is 0.320 e. The fraction of sp³-hybridized carbons (Fsp3) is 0.857. The molecule has 1 fully saturated rings. The number of carboxylic acid groups (broad SMARTS) is 1. The molecule has 0 amide bonds. The molecular weight excluding hydrogens is 166 g/mol. The van der Waals surface area contributed by atoms with Crippen LogP contribution in [-0.4, -0.2) is 22.7 Å². The van der Waals surface area contributed by atoms with Crippen molar-refractivity contribution in [3.8, 4) is 0 Å². The minimum absolute atomic E-state index is 0. The molecular formula is C7H14ClNO2. The molecule has 1 heterocycles. The highest BCUT2D eigenvalue weighted by Crippen LogP contribution is 2.21. The van der Waals surface area contributed by atoms with Crippen molar-refractivity contribution in [2.75, 3.05) is 0 Å². The lowest BCUT2D eigenvalue weighted by atomic mass is 10.0. The van der Waals surface area contributed by atoms with Gasteiger partial charge in [-0.3, -0.25) is 10.1 Å². The zero-order valence-electron chi connectivity index (χ0n) is 6.76. The van der Waals surface area contributed by atoms with E-state index in [1.807, 2.05) is 13.8 Å². The number of nitrogens with one attached hydrogen (secondary N) is 1. The van der Waals surface area contributed by atoms with Gasteiger partial charge in [0.1, 0.15) is 6.04 Å². The van der Waals surface area contributed by atoms with Crippen LogP contribution in [0.2, 0.25) is 0 Å². The van der Waals surface area contributed by atoms with E-state index in [1.165, 1.54) is 0 Å². The molecule has 11 heavy (non-hydrogen) atoms. The highest BCUT2D eigenvalue weighted by atomic mass is 35.5. The van der Waals surface area contributed by atoms with Crippen LogP contribution in [-0.2, 0) is 4.79 Å². The first-order valence-electron chi connectivity index (χ1n) is 3.52. The third kappa shape index (κ3) is 2.67. The largest absolute Gasteiger partial charge is 0.480 e. The zero-order valence-corrected chi connectivity index (χ0v) is 7.57. The van der Waals surface area contributed by atoms with Gasteiger partial charge >= 0.3 is 5.97 Å². The van der Waals surface area contributed by atoms with E-state index >= 15 is 0 Å². The topological polar surface area (TPSA) is 49.3 Å². The Morgan fingerprint density at radius 3 is 2.36 bits per heavy atom. The molecule has 1 aliphatic heterocycles. The van der Waals surface area contributed by atoms with Gasteiger partial charge in [-0.1, -0.05) is 0 Å². The third-order valence-corrected chi connectivity index (χ3v) is 1.92. The molecule has 1 rings (SSSR count). The second-order valence-corrected chi connectivity index (χ2v) is 3.46. The second kappa shape index (κ2) is 3.41. The molecule has 0 aromatic rings. The van der Waals surface area contributed by atoms with E-state index in [1.54, 1.807) is 0 Å². The van der Waals surface area contributed by atoms with Gasteiger partial charge in [0.25, 0.3) is 0 Å². The van der Waals surface area contributed by atoms with Crippen LogP contribution in [0.3, 0.4) is 0 Å². The molecule has 0 unspecified atom stereocenters. The van der Waals surface area contributed by atoms with Gasteiger partial charge in [0.15, 0.2) is 0 Å². The van der Waals surface area contributed by atoms with Crippen LogP contribution in [0.15, 0.2) is 0 Å². The Kier molecular flexibility index (Phi) is 3.32. The summed E-state index contributed by atoms with van der Waals surface area (Å²) in [6, 6.07) is -0.324. The first-order chi connectivity index (χ1) is 4.51. The number of halogens is 1. The predicted octanol–water partition coefficient (Wildman–Crippen LogP) is 1.02. The number of carbonyl (C=O) groups is 1. The molecule has 0 saturated carbocycles. The van der Waals surface area contributed by atoms with Crippen LogP contribution in [0.25, 0.3) is 0 Å². The molecule has 0 aromatic carbocycles. The number of rotatable bonds is 1. The lowest BCUT2D eigenvalue weighted by molar-refractivity contribution is -0.139. The van der Waals surface area contributed by atoms with E-state index in [9.17, 15) is 4.79 Å². The molecule has 0 radical (unpaired) electrons. The minimum atomic E-state index is -0.731. The minimum Gasteiger partial charge on any atom is -0.480 e. The first kappa shape index (κ1) is 10.7. The molecule has 1 aliphatic rings. The quantitative estimate of drug-likeness (QED) is 0.632. The molecule has 0 spiro atoms. The average Bonchev–Trinajstić information content (AvgIpc) is 2.10. The average molecular weight is 180 g/mol. The monoisotopic (exact) mass is 179 g/mol. The summed E-state index contributed by atoms with van der Waals surface area (Å²) in [4.78, 5) is 10.4. The Labute approximate surface area is 72.6 Å². The molecule has 1 atom stereocenters. The number of carboxylic acids is 1. The summed E-state index contributed by atoms with van der Waals surface area (Å²) in [5.74, 6) is -0.731. The lowest BCUT2D eigenvalue weighted by Gasteiger charge is -2.17. The van der Waals surface area contributed by atoms with Gasteiger partial charge in [0.05, 0.1) is 0 Å². The number of hydrogen-bond acceptors (Lipinski definition) is 2. The summed E-state index contributed by atoms with van der Waals surface area (Å²) in [6.45, 7) is 4.05. The summed E-state index contributed by atoms with van der Waals surface area (Å²) >= 11 is 0. The molecule has 4 heteroatoms. The van der Waals surface area contributed by atoms with Crippen molar-refractivity contribution in [3.63, 3.8) is 0 Å². The Bertz CT molecular complexity index is 159. The first-order valence-corrected chi connectivity index (χ1v) is 3.52. The summed E-state index contributed by atoms with van der Waals surface area (Å²) in [6.07, 6.45) is 1.70. The normalized spacial score (nSPS) is 27.6. The number of aliphatic carboxylic acids is 1. The van der Waals surface area contributed by atoms with Crippen LogP contribution < -0.4 is 5.32 Å². The highest BCUT2D eigenvalue weighted by Gasteiger charge is 2.33. The molecule has 66 valence electrons. The zero-order chi connectivity index (χ0) is 7.78. The maximum atomic E-state index is 10.4. The lowest BCUT2D eigenvalue weighted by Crippen LogP contribution is -2.41. The fourth-order valence-corrected chi connectivity index (χ4v) is 1.31. The molecule has 0 aromatic heterocycles. The molecule has 1 saturated heterocycles. The van der Waals surface area contributed by atoms with Crippen LogP contribution in [0.5, 0.6) is 0 Å². The van der Waals surface area contributed by atoms with Crippen LogP contribution in [0.4, 0.5) is 0 Å². The Hall–Kier alpha value is -0.280. The van der Waals surface area contributed by atoms with Crippen molar-refractivity contribution < 1.29 is 9.90 Å². The van der Waals surface area contributed by atoms with E-state index < -0.39 is 5.97 Å². The molecule has 3 nitrogen and oxygen atoms in total. The van der Waals surface area contributed by atoms with Crippen molar-refractivity contribution >= 4 is 18.4 Å². The summed E-state index contributed by atoms with van der Waals surface area (Å²) in [7, 11) is 0. The maximum absolute atomic E-state index is 10.4. The van der Waals surface area contributed by atoms with Crippen molar-refractivity contribution in [3.05, 3.63) is 0 Å². The third-order valence-electron chi connectivity index (χ3n) is 1.92. The van der Waals surface area contributed by atoms with E-state index in [2.05, 4.69) is 5.32 Å². The van der Waals surface area contributed by atoms with Crippen LogP contribution >= 0.6 is 12.4 Å². The molecule has 0 bridgehead atoms. The van der Waals surface area contributed by atoms with Gasteiger partial charge in [-0.25, -0.2) is 0 Å². The van der Waals surface area contributed by atoms with Gasteiger partial charge in [-0.2, -0.15) is 0 Å². The summed E-state index contributed by atoms with van der Waals surface area (Å²) in [5.41, 5.74) is 0.0169. The van der Waals surface area contributed by atoms with Gasteiger partial charge in [0.2, 0.25) is 0 Å². The van der Waals surface area contributed by atoms with E-state index in [-0.39, 0.29) is 24.0 Å². The Morgan fingerprint density at radius 1 is 1.64 bits per heavy atom. The van der Waals surface area contributed by atoms with Crippen LogP contribution in [0.1, 0.15) is 26.7 Å². The fourth-order valence-electron chi connectivity index (χ4n) is 1.31. The van der Waals surface area contributed by atoms with E-state index in [4.69, 9.17) is 5.11 Å². The molecule has 0 aliphatic carbocycles. The SMILES string of the molecule is CC1(C)CC[C@H](C(=O)O)N1.Cl. The smallest absolute Gasteiger partial charge is 0.320 e.